The normalized spacial score (nSPS) is 10.8. The molecule has 0 atom stereocenters. The van der Waals surface area contributed by atoms with Gasteiger partial charge >= 0.3 is 0 Å². The lowest BCUT2D eigenvalue weighted by Crippen LogP contribution is -2.30. The molecule has 0 aliphatic rings. The summed E-state index contributed by atoms with van der Waals surface area (Å²) >= 11 is 0. The van der Waals surface area contributed by atoms with E-state index in [1.54, 1.807) is 36.4 Å². The Morgan fingerprint density at radius 3 is 2.50 bits per heavy atom. The van der Waals surface area contributed by atoms with Crippen LogP contribution in [0.5, 0.6) is 0 Å². The number of benzene rings is 2. The highest BCUT2D eigenvalue weighted by Crippen LogP contribution is 2.14. The summed E-state index contributed by atoms with van der Waals surface area (Å²) in [4.78, 5) is 25.2. The van der Waals surface area contributed by atoms with Crippen LogP contribution in [0.2, 0.25) is 0 Å². The van der Waals surface area contributed by atoms with Gasteiger partial charge in [-0.1, -0.05) is 43.7 Å². The third-order valence-corrected chi connectivity index (χ3v) is 4.17. The van der Waals surface area contributed by atoms with Crippen LogP contribution in [0, 0.1) is 5.82 Å². The van der Waals surface area contributed by atoms with Gasteiger partial charge in [-0.3, -0.25) is 9.59 Å². The predicted octanol–water partition coefficient (Wildman–Crippen LogP) is 3.27. The lowest BCUT2D eigenvalue weighted by atomic mass is 10.1. The van der Waals surface area contributed by atoms with Crippen molar-refractivity contribution in [2.75, 3.05) is 0 Å². The molecule has 6 heteroatoms. The van der Waals surface area contributed by atoms with E-state index < -0.39 is 0 Å². The number of unbranched alkanes of at least 4 members (excludes halogenated alkanes) is 1. The summed E-state index contributed by atoms with van der Waals surface area (Å²) in [6.07, 6.45) is 1.73. The molecule has 3 rings (SSSR count). The molecule has 1 amide bonds. The van der Waals surface area contributed by atoms with Crippen molar-refractivity contribution < 1.29 is 9.18 Å². The molecule has 0 bridgehead atoms. The lowest BCUT2D eigenvalue weighted by molar-refractivity contribution is 0.0945. The van der Waals surface area contributed by atoms with Gasteiger partial charge in [-0.2, -0.15) is 5.10 Å². The van der Waals surface area contributed by atoms with Crippen LogP contribution in [0.3, 0.4) is 0 Å². The maximum absolute atomic E-state index is 13.0. The molecule has 134 valence electrons. The molecule has 0 saturated heterocycles. The molecule has 1 aromatic heterocycles. The molecule has 0 saturated carbocycles. The van der Waals surface area contributed by atoms with Crippen molar-refractivity contribution in [2.24, 2.45) is 0 Å². The summed E-state index contributed by atoms with van der Waals surface area (Å²) in [5.41, 5.74) is 0.811. The fourth-order valence-electron chi connectivity index (χ4n) is 2.73. The highest BCUT2D eigenvalue weighted by atomic mass is 19.1. The minimum atomic E-state index is -0.365. The van der Waals surface area contributed by atoms with Crippen LogP contribution >= 0.6 is 0 Å². The number of halogens is 1. The molecule has 0 spiro atoms. The topological polar surface area (TPSA) is 64.0 Å². The molecule has 0 fully saturated rings. The van der Waals surface area contributed by atoms with Crippen molar-refractivity contribution in [1.29, 1.82) is 0 Å². The lowest BCUT2D eigenvalue weighted by Gasteiger charge is -2.11. The number of hydrogen-bond donors (Lipinski definition) is 1. The molecule has 0 radical (unpaired) electrons. The van der Waals surface area contributed by atoms with E-state index in [0.717, 1.165) is 18.4 Å². The third kappa shape index (κ3) is 3.79. The van der Waals surface area contributed by atoms with Crippen LogP contribution in [0.25, 0.3) is 10.8 Å². The Hall–Kier alpha value is -3.02. The molecule has 1 heterocycles. The zero-order chi connectivity index (χ0) is 18.5. The Kier molecular flexibility index (Phi) is 5.41. The number of carbonyl (C=O) groups is 1. The van der Waals surface area contributed by atoms with Gasteiger partial charge in [0.2, 0.25) is 0 Å². The van der Waals surface area contributed by atoms with Gasteiger partial charge in [0.05, 0.1) is 5.39 Å². The van der Waals surface area contributed by atoms with Gasteiger partial charge in [0.25, 0.3) is 11.5 Å². The minimum absolute atomic E-state index is 0.191. The van der Waals surface area contributed by atoms with Gasteiger partial charge < -0.3 is 5.32 Å². The van der Waals surface area contributed by atoms with E-state index in [2.05, 4.69) is 10.4 Å². The van der Waals surface area contributed by atoms with Crippen molar-refractivity contribution in [2.45, 2.75) is 32.9 Å². The number of nitrogens with zero attached hydrogens (tertiary/aromatic N) is 2. The molecule has 2 aromatic carbocycles. The molecule has 1 N–H and O–H groups in total. The first-order valence-corrected chi connectivity index (χ1v) is 8.62. The van der Waals surface area contributed by atoms with E-state index in [-0.39, 0.29) is 29.5 Å². The first-order chi connectivity index (χ1) is 12.6. The fraction of sp³-hybridized carbons (Fsp3) is 0.250. The van der Waals surface area contributed by atoms with E-state index >= 15 is 0 Å². The number of amides is 1. The van der Waals surface area contributed by atoms with Crippen LogP contribution in [0.1, 0.15) is 35.8 Å². The van der Waals surface area contributed by atoms with Crippen molar-refractivity contribution in [1.82, 2.24) is 15.1 Å². The Bertz CT molecular complexity index is 981. The average molecular weight is 353 g/mol. The standard InChI is InChI=1S/C20H20FN3O2/c1-2-3-12-24-20(26)17-7-5-4-6-16(17)18(23-24)19(25)22-13-14-8-10-15(21)11-9-14/h4-11H,2-3,12-13H2,1H3,(H,22,25). The molecular weight excluding hydrogens is 333 g/mol. The van der Waals surface area contributed by atoms with E-state index in [9.17, 15) is 14.0 Å². The van der Waals surface area contributed by atoms with Gasteiger partial charge in [0, 0.05) is 18.5 Å². The molecule has 3 aromatic rings. The Morgan fingerprint density at radius 1 is 1.12 bits per heavy atom. The van der Waals surface area contributed by atoms with Crippen molar-refractivity contribution >= 4 is 16.7 Å². The van der Waals surface area contributed by atoms with E-state index in [4.69, 9.17) is 0 Å². The number of hydrogen-bond acceptors (Lipinski definition) is 3. The van der Waals surface area contributed by atoms with Crippen LogP contribution in [-0.4, -0.2) is 15.7 Å². The maximum Gasteiger partial charge on any atom is 0.274 e. The maximum atomic E-state index is 13.0. The Morgan fingerprint density at radius 2 is 1.81 bits per heavy atom. The number of aromatic nitrogens is 2. The summed E-state index contributed by atoms with van der Waals surface area (Å²) in [5.74, 6) is -0.688. The molecule has 0 unspecified atom stereocenters. The first kappa shape index (κ1) is 17.8. The SMILES string of the molecule is CCCCn1nc(C(=O)NCc2ccc(F)cc2)c2ccccc2c1=O. The molecule has 0 aliphatic heterocycles. The highest BCUT2D eigenvalue weighted by molar-refractivity contribution is 6.04. The van der Waals surface area contributed by atoms with Crippen molar-refractivity contribution in [3.8, 4) is 0 Å². The highest BCUT2D eigenvalue weighted by Gasteiger charge is 2.16. The Balaban J connectivity index is 1.92. The summed E-state index contributed by atoms with van der Waals surface area (Å²) < 4.78 is 14.3. The number of rotatable bonds is 6. The average Bonchev–Trinajstić information content (AvgIpc) is 2.67. The quantitative estimate of drug-likeness (QED) is 0.740. The van der Waals surface area contributed by atoms with Crippen molar-refractivity contribution in [3.63, 3.8) is 0 Å². The summed E-state index contributed by atoms with van der Waals surface area (Å²) in [6.45, 7) is 2.75. The molecule has 26 heavy (non-hydrogen) atoms. The van der Waals surface area contributed by atoms with Gasteiger partial charge in [0.15, 0.2) is 5.69 Å². The third-order valence-electron chi connectivity index (χ3n) is 4.17. The minimum Gasteiger partial charge on any atom is -0.347 e. The summed E-state index contributed by atoms with van der Waals surface area (Å²) in [6, 6.07) is 12.9. The summed E-state index contributed by atoms with van der Waals surface area (Å²) in [5, 5.41) is 8.09. The second kappa shape index (κ2) is 7.91. The van der Waals surface area contributed by atoms with Gasteiger partial charge in [0.1, 0.15) is 5.82 Å². The number of nitrogens with one attached hydrogen (secondary N) is 1. The monoisotopic (exact) mass is 353 g/mol. The first-order valence-electron chi connectivity index (χ1n) is 8.62. The second-order valence-electron chi connectivity index (χ2n) is 6.09. The van der Waals surface area contributed by atoms with Crippen LogP contribution < -0.4 is 10.9 Å². The van der Waals surface area contributed by atoms with Crippen molar-refractivity contribution in [3.05, 3.63) is 76.0 Å². The van der Waals surface area contributed by atoms with E-state index in [1.165, 1.54) is 16.8 Å². The largest absolute Gasteiger partial charge is 0.347 e. The molecule has 5 nitrogen and oxygen atoms in total. The fourth-order valence-corrected chi connectivity index (χ4v) is 2.73. The zero-order valence-corrected chi connectivity index (χ0v) is 14.5. The Labute approximate surface area is 150 Å². The number of carbonyl (C=O) groups excluding carboxylic acids is 1. The predicted molar refractivity (Wildman–Crippen MR) is 98.5 cm³/mol. The van der Waals surface area contributed by atoms with Crippen LogP contribution in [0.4, 0.5) is 4.39 Å². The second-order valence-corrected chi connectivity index (χ2v) is 6.09. The van der Waals surface area contributed by atoms with Gasteiger partial charge in [-0.15, -0.1) is 0 Å². The molecular formula is C20H20FN3O2. The van der Waals surface area contributed by atoms with Gasteiger partial charge in [-0.05, 0) is 30.2 Å². The van der Waals surface area contributed by atoms with Crippen LogP contribution in [0.15, 0.2) is 53.3 Å². The van der Waals surface area contributed by atoms with E-state index in [0.29, 0.717) is 17.3 Å². The van der Waals surface area contributed by atoms with Crippen LogP contribution in [-0.2, 0) is 13.1 Å². The number of fused-ring (bicyclic) bond motifs is 1. The summed E-state index contributed by atoms with van der Waals surface area (Å²) in [7, 11) is 0. The zero-order valence-electron chi connectivity index (χ0n) is 14.5. The van der Waals surface area contributed by atoms with E-state index in [1.807, 2.05) is 6.92 Å². The smallest absolute Gasteiger partial charge is 0.274 e. The number of aryl methyl sites for hydroxylation is 1. The molecule has 0 aliphatic carbocycles. The van der Waals surface area contributed by atoms with Gasteiger partial charge in [-0.25, -0.2) is 9.07 Å².